The monoisotopic (exact) mass is 392 g/mol. The van der Waals surface area contributed by atoms with Crippen LogP contribution in [0.3, 0.4) is 0 Å². The summed E-state index contributed by atoms with van der Waals surface area (Å²) >= 11 is 0. The van der Waals surface area contributed by atoms with Gasteiger partial charge in [0, 0.05) is 13.7 Å². The third-order valence-corrected chi connectivity index (χ3v) is 5.38. The smallest absolute Gasteiger partial charge is 0.216 e. The zero-order valence-corrected chi connectivity index (χ0v) is 16.6. The molecule has 0 aliphatic carbocycles. The van der Waals surface area contributed by atoms with Gasteiger partial charge in [-0.25, -0.2) is 9.98 Å². The number of anilines is 1. The molecule has 0 saturated heterocycles. The summed E-state index contributed by atoms with van der Waals surface area (Å²) < 4.78 is 12.9. The minimum Gasteiger partial charge on any atom is -0.497 e. The second-order valence-electron chi connectivity index (χ2n) is 7.17. The summed E-state index contributed by atoms with van der Waals surface area (Å²) in [6, 6.07) is 16.3. The van der Waals surface area contributed by atoms with Crippen molar-refractivity contribution in [1.29, 1.82) is 0 Å². The fourth-order valence-electron chi connectivity index (χ4n) is 3.91. The summed E-state index contributed by atoms with van der Waals surface area (Å²) in [5.41, 5.74) is 3.14. The number of methoxy groups -OCH3 is 2. The maximum Gasteiger partial charge on any atom is 0.216 e. The number of benzene rings is 2. The van der Waals surface area contributed by atoms with E-state index >= 15 is 0 Å². The summed E-state index contributed by atoms with van der Waals surface area (Å²) in [6.45, 7) is 2.84. The van der Waals surface area contributed by atoms with Crippen molar-refractivity contribution in [2.24, 2.45) is 4.99 Å². The Kier molecular flexibility index (Phi) is 4.57. The summed E-state index contributed by atoms with van der Waals surface area (Å²) in [4.78, 5) is 14.1. The van der Waals surface area contributed by atoms with Gasteiger partial charge in [-0.1, -0.05) is 24.3 Å². The lowest BCUT2D eigenvalue weighted by atomic mass is 10.1. The first-order chi connectivity index (χ1) is 14.3. The van der Waals surface area contributed by atoms with E-state index in [1.54, 1.807) is 14.2 Å². The average Bonchev–Trinajstić information content (AvgIpc) is 3.17. The summed E-state index contributed by atoms with van der Waals surface area (Å²) in [5, 5.41) is 3.62. The number of guanidine groups is 1. The molecule has 1 aromatic heterocycles. The summed E-state index contributed by atoms with van der Waals surface area (Å²) in [6.07, 6.45) is -0.118. The zero-order valence-electron chi connectivity index (χ0n) is 16.6. The van der Waals surface area contributed by atoms with Gasteiger partial charge in [0.1, 0.15) is 11.9 Å². The van der Waals surface area contributed by atoms with Gasteiger partial charge >= 0.3 is 0 Å². The number of hydrogen-bond donors (Lipinski definition) is 1. The van der Waals surface area contributed by atoms with Crippen LogP contribution in [0.25, 0.3) is 11.0 Å². The highest BCUT2D eigenvalue weighted by Crippen LogP contribution is 2.34. The van der Waals surface area contributed by atoms with Gasteiger partial charge in [-0.2, -0.15) is 0 Å². The van der Waals surface area contributed by atoms with Gasteiger partial charge in [-0.15, -0.1) is 0 Å². The van der Waals surface area contributed by atoms with Gasteiger partial charge in [0.2, 0.25) is 11.9 Å². The predicted molar refractivity (Wildman–Crippen MR) is 112 cm³/mol. The van der Waals surface area contributed by atoms with Gasteiger partial charge < -0.3 is 14.8 Å². The fourth-order valence-corrected chi connectivity index (χ4v) is 3.91. The van der Waals surface area contributed by atoms with Crippen LogP contribution in [0, 0.1) is 0 Å². The van der Waals surface area contributed by atoms with E-state index < -0.39 is 0 Å². The van der Waals surface area contributed by atoms with Gasteiger partial charge in [-0.3, -0.25) is 14.4 Å². The predicted octanol–water partition coefficient (Wildman–Crippen LogP) is 2.23. The average molecular weight is 392 g/mol. The summed E-state index contributed by atoms with van der Waals surface area (Å²) in [7, 11) is 3.41. The number of aromatic nitrogens is 2. The Bertz CT molecular complexity index is 1060. The Morgan fingerprint density at radius 3 is 2.90 bits per heavy atom. The van der Waals surface area contributed by atoms with E-state index in [-0.39, 0.29) is 6.17 Å². The van der Waals surface area contributed by atoms with E-state index in [4.69, 9.17) is 19.5 Å². The van der Waals surface area contributed by atoms with Crippen molar-refractivity contribution < 1.29 is 9.47 Å². The first-order valence-corrected chi connectivity index (χ1v) is 9.69. The molecular weight excluding hydrogens is 368 g/mol. The molecule has 8 nitrogen and oxygen atoms in total. The highest BCUT2D eigenvalue weighted by Gasteiger charge is 2.35. The number of para-hydroxylation sites is 2. The van der Waals surface area contributed by atoms with Crippen LogP contribution >= 0.6 is 0 Å². The molecular formula is C21H24N6O2. The van der Waals surface area contributed by atoms with Crippen LogP contribution in [0.1, 0.15) is 11.7 Å². The lowest BCUT2D eigenvalue weighted by Crippen LogP contribution is -2.57. The Balaban J connectivity index is 1.62. The molecule has 1 unspecified atom stereocenters. The van der Waals surface area contributed by atoms with Gasteiger partial charge in [0.05, 0.1) is 38.1 Å². The lowest BCUT2D eigenvalue weighted by Gasteiger charge is -2.41. The van der Waals surface area contributed by atoms with Crippen molar-refractivity contribution in [3.63, 3.8) is 0 Å². The van der Waals surface area contributed by atoms with Crippen LogP contribution < -0.4 is 15.0 Å². The van der Waals surface area contributed by atoms with Gasteiger partial charge in [0.15, 0.2) is 0 Å². The van der Waals surface area contributed by atoms with Gasteiger partial charge in [0.25, 0.3) is 0 Å². The standard InChI is InChI=1S/C21H24N6O2/c1-28-11-10-25-13-22-20-24-19(15-6-5-7-16(12-15)29-2)27-18-9-4-3-8-17(18)23-21(27)26(20)14-25/h3-9,12,19H,10-11,13-14H2,1-2H3,(H,22,24). The number of aliphatic imine (C=N–C) groups is 1. The maximum absolute atomic E-state index is 5.45. The molecule has 0 amide bonds. The topological polar surface area (TPSA) is 67.2 Å². The van der Waals surface area contributed by atoms with E-state index in [0.717, 1.165) is 40.8 Å². The molecule has 5 rings (SSSR count). The SMILES string of the molecule is COCCN1CN=C2NC(c3cccc(OC)c3)n3c(nc4ccccc43)N2C1. The number of imidazole rings is 1. The first kappa shape index (κ1) is 18.0. The molecule has 0 saturated carbocycles. The molecule has 150 valence electrons. The second-order valence-corrected chi connectivity index (χ2v) is 7.17. The van der Waals surface area contributed by atoms with Crippen LogP contribution in [0.15, 0.2) is 53.5 Å². The van der Waals surface area contributed by atoms with E-state index in [9.17, 15) is 0 Å². The van der Waals surface area contributed by atoms with E-state index in [1.807, 2.05) is 30.3 Å². The number of nitrogens with one attached hydrogen (secondary N) is 1. The van der Waals surface area contributed by atoms with Gasteiger partial charge in [-0.05, 0) is 29.8 Å². The zero-order chi connectivity index (χ0) is 19.8. The second kappa shape index (κ2) is 7.38. The molecule has 1 atom stereocenters. The minimum atomic E-state index is -0.118. The van der Waals surface area contributed by atoms with Crippen LogP contribution in [-0.4, -0.2) is 61.1 Å². The molecule has 8 heteroatoms. The van der Waals surface area contributed by atoms with Crippen LogP contribution in [0.2, 0.25) is 0 Å². The van der Waals surface area contributed by atoms with Crippen molar-refractivity contribution in [3.05, 3.63) is 54.1 Å². The van der Waals surface area contributed by atoms with Crippen molar-refractivity contribution in [3.8, 4) is 5.75 Å². The quantitative estimate of drug-likeness (QED) is 0.718. The van der Waals surface area contributed by atoms with Crippen molar-refractivity contribution in [1.82, 2.24) is 19.8 Å². The number of rotatable bonds is 5. The molecule has 2 aliphatic heterocycles. The van der Waals surface area contributed by atoms with Crippen molar-refractivity contribution in [2.45, 2.75) is 6.17 Å². The number of nitrogens with zero attached hydrogens (tertiary/aromatic N) is 5. The molecule has 0 radical (unpaired) electrons. The van der Waals surface area contributed by atoms with E-state index in [0.29, 0.717) is 19.9 Å². The van der Waals surface area contributed by atoms with E-state index in [1.165, 1.54) is 0 Å². The number of hydrogen-bond acceptors (Lipinski definition) is 7. The Morgan fingerprint density at radius 2 is 2.03 bits per heavy atom. The molecule has 0 fully saturated rings. The Labute approximate surface area is 169 Å². The van der Waals surface area contributed by atoms with Crippen LogP contribution in [-0.2, 0) is 4.74 Å². The van der Waals surface area contributed by atoms with Crippen molar-refractivity contribution >= 4 is 22.9 Å². The minimum absolute atomic E-state index is 0.118. The molecule has 0 bridgehead atoms. The molecule has 0 spiro atoms. The number of ether oxygens (including phenoxy) is 2. The maximum atomic E-state index is 5.45. The number of fused-ring (bicyclic) bond motifs is 5. The molecule has 3 heterocycles. The largest absolute Gasteiger partial charge is 0.497 e. The summed E-state index contributed by atoms with van der Waals surface area (Å²) in [5.74, 6) is 2.56. The fraction of sp³-hybridized carbons (Fsp3) is 0.333. The highest BCUT2D eigenvalue weighted by molar-refractivity contribution is 5.98. The first-order valence-electron chi connectivity index (χ1n) is 9.69. The third-order valence-electron chi connectivity index (χ3n) is 5.38. The molecule has 29 heavy (non-hydrogen) atoms. The molecule has 2 aliphatic rings. The third kappa shape index (κ3) is 3.10. The molecule has 2 aromatic carbocycles. The lowest BCUT2D eigenvalue weighted by molar-refractivity contribution is 0.147. The Hall–Kier alpha value is -3.10. The normalized spacial score (nSPS) is 18.8. The van der Waals surface area contributed by atoms with Crippen LogP contribution in [0.4, 0.5) is 5.95 Å². The van der Waals surface area contributed by atoms with Crippen molar-refractivity contribution in [2.75, 3.05) is 45.6 Å². The highest BCUT2D eigenvalue weighted by atomic mass is 16.5. The van der Waals surface area contributed by atoms with E-state index in [2.05, 4.69) is 37.9 Å². The van der Waals surface area contributed by atoms with Crippen LogP contribution in [0.5, 0.6) is 5.75 Å². The molecule has 1 N–H and O–H groups in total. The molecule has 3 aromatic rings. The Morgan fingerprint density at radius 1 is 1.14 bits per heavy atom.